The average molecular weight is 265 g/mol. The molecule has 1 aromatic rings. The third-order valence-electron chi connectivity index (χ3n) is 3.26. The van der Waals surface area contributed by atoms with Crippen molar-refractivity contribution in [3.8, 4) is 0 Å². The largest absolute Gasteiger partial charge is 0.383 e. The highest BCUT2D eigenvalue weighted by atomic mass is 16.5. The highest BCUT2D eigenvalue weighted by Crippen LogP contribution is 2.19. The number of carbonyl (C=O) groups excluding carboxylic acids is 1. The van der Waals surface area contributed by atoms with Gasteiger partial charge in [-0.2, -0.15) is 0 Å². The standard InChI is InChI=1S/C14H23N3O2/c1-3-17(9-10-19-2)11-14(16,13(15)18)12-7-5-4-6-8-12/h4-8H,3,9-11,16H2,1-2H3,(H2,15,18). The van der Waals surface area contributed by atoms with Gasteiger partial charge in [0, 0.05) is 20.2 Å². The average Bonchev–Trinajstić information content (AvgIpc) is 2.43. The van der Waals surface area contributed by atoms with E-state index in [4.69, 9.17) is 16.2 Å². The molecule has 0 spiro atoms. The lowest BCUT2D eigenvalue weighted by Gasteiger charge is -2.32. The zero-order chi connectivity index (χ0) is 14.3. The minimum Gasteiger partial charge on any atom is -0.383 e. The molecule has 0 heterocycles. The van der Waals surface area contributed by atoms with E-state index < -0.39 is 11.4 Å². The Morgan fingerprint density at radius 2 is 2.00 bits per heavy atom. The molecule has 1 aromatic carbocycles. The van der Waals surface area contributed by atoms with E-state index in [2.05, 4.69) is 4.90 Å². The number of amides is 1. The summed E-state index contributed by atoms with van der Waals surface area (Å²) in [6.45, 7) is 4.49. The van der Waals surface area contributed by atoms with E-state index in [9.17, 15) is 4.79 Å². The maximum absolute atomic E-state index is 11.8. The van der Waals surface area contributed by atoms with Crippen LogP contribution in [0.5, 0.6) is 0 Å². The molecule has 0 bridgehead atoms. The first kappa shape index (κ1) is 15.6. The van der Waals surface area contributed by atoms with Crippen molar-refractivity contribution >= 4 is 5.91 Å². The lowest BCUT2D eigenvalue weighted by Crippen LogP contribution is -2.56. The third kappa shape index (κ3) is 4.02. The van der Waals surface area contributed by atoms with Crippen molar-refractivity contribution in [1.82, 2.24) is 4.90 Å². The molecule has 4 N–H and O–H groups in total. The number of carbonyl (C=O) groups is 1. The fourth-order valence-electron chi connectivity index (χ4n) is 1.97. The molecule has 1 amide bonds. The number of methoxy groups -OCH3 is 1. The SMILES string of the molecule is CCN(CCOC)CC(N)(C(N)=O)c1ccccc1. The molecule has 106 valence electrons. The lowest BCUT2D eigenvalue weighted by molar-refractivity contribution is -0.124. The molecule has 1 unspecified atom stereocenters. The summed E-state index contributed by atoms with van der Waals surface area (Å²) >= 11 is 0. The van der Waals surface area contributed by atoms with Gasteiger partial charge in [0.1, 0.15) is 5.54 Å². The van der Waals surface area contributed by atoms with Crippen LogP contribution in [-0.2, 0) is 15.1 Å². The molecule has 0 aliphatic rings. The van der Waals surface area contributed by atoms with E-state index >= 15 is 0 Å². The maximum Gasteiger partial charge on any atom is 0.243 e. The Kier molecular flexibility index (Phi) is 5.95. The number of nitrogens with two attached hydrogens (primary N) is 2. The summed E-state index contributed by atoms with van der Waals surface area (Å²) in [5.74, 6) is -0.519. The Bertz CT molecular complexity index is 397. The number of hydrogen-bond acceptors (Lipinski definition) is 4. The number of benzene rings is 1. The molecule has 0 aromatic heterocycles. The Morgan fingerprint density at radius 1 is 1.37 bits per heavy atom. The fourth-order valence-corrected chi connectivity index (χ4v) is 1.97. The summed E-state index contributed by atoms with van der Waals surface area (Å²) in [6.07, 6.45) is 0. The molecule has 1 rings (SSSR count). The van der Waals surface area contributed by atoms with Gasteiger partial charge in [0.05, 0.1) is 6.61 Å². The van der Waals surface area contributed by atoms with Gasteiger partial charge >= 0.3 is 0 Å². The highest BCUT2D eigenvalue weighted by molar-refractivity contribution is 5.86. The van der Waals surface area contributed by atoms with E-state index in [1.807, 2.05) is 37.3 Å². The quantitative estimate of drug-likeness (QED) is 0.708. The van der Waals surface area contributed by atoms with Crippen LogP contribution in [0, 0.1) is 0 Å². The van der Waals surface area contributed by atoms with E-state index in [1.165, 1.54) is 0 Å². The van der Waals surface area contributed by atoms with Crippen LogP contribution in [0.2, 0.25) is 0 Å². The van der Waals surface area contributed by atoms with Crippen LogP contribution in [0.3, 0.4) is 0 Å². The molecule has 0 radical (unpaired) electrons. The first-order chi connectivity index (χ1) is 9.04. The Balaban J connectivity index is 2.91. The number of likely N-dealkylation sites (N-methyl/N-ethyl adjacent to an activating group) is 1. The number of rotatable bonds is 8. The zero-order valence-corrected chi connectivity index (χ0v) is 11.6. The molecule has 0 aliphatic carbocycles. The van der Waals surface area contributed by atoms with Crippen LogP contribution in [0.15, 0.2) is 30.3 Å². The number of ether oxygens (including phenoxy) is 1. The van der Waals surface area contributed by atoms with Crippen LogP contribution in [0.25, 0.3) is 0 Å². The van der Waals surface area contributed by atoms with Gasteiger partial charge in [-0.1, -0.05) is 37.3 Å². The van der Waals surface area contributed by atoms with Crippen LogP contribution in [0.1, 0.15) is 12.5 Å². The van der Waals surface area contributed by atoms with Crippen molar-refractivity contribution < 1.29 is 9.53 Å². The van der Waals surface area contributed by atoms with Gasteiger partial charge in [-0.25, -0.2) is 0 Å². The first-order valence-electron chi connectivity index (χ1n) is 6.40. The molecular formula is C14H23N3O2. The predicted molar refractivity (Wildman–Crippen MR) is 75.5 cm³/mol. The van der Waals surface area contributed by atoms with Crippen molar-refractivity contribution in [3.05, 3.63) is 35.9 Å². The second-order valence-corrected chi connectivity index (χ2v) is 4.56. The maximum atomic E-state index is 11.8. The van der Waals surface area contributed by atoms with Gasteiger partial charge in [0.2, 0.25) is 5.91 Å². The highest BCUT2D eigenvalue weighted by Gasteiger charge is 2.35. The summed E-state index contributed by atoms with van der Waals surface area (Å²) in [7, 11) is 1.65. The normalized spacial score (nSPS) is 14.3. The second kappa shape index (κ2) is 7.23. The minimum absolute atomic E-state index is 0.381. The van der Waals surface area contributed by atoms with Gasteiger partial charge in [-0.3, -0.25) is 9.69 Å². The number of primary amides is 1. The smallest absolute Gasteiger partial charge is 0.243 e. The Labute approximate surface area is 114 Å². The topological polar surface area (TPSA) is 81.6 Å². The molecule has 5 heteroatoms. The monoisotopic (exact) mass is 265 g/mol. The molecule has 1 atom stereocenters. The van der Waals surface area contributed by atoms with Gasteiger partial charge in [0.25, 0.3) is 0 Å². The van der Waals surface area contributed by atoms with E-state index in [0.717, 1.165) is 12.1 Å². The third-order valence-corrected chi connectivity index (χ3v) is 3.26. The summed E-state index contributed by atoms with van der Waals surface area (Å²) < 4.78 is 5.06. The summed E-state index contributed by atoms with van der Waals surface area (Å²) in [5, 5.41) is 0. The summed E-state index contributed by atoms with van der Waals surface area (Å²) in [6, 6.07) is 9.24. The van der Waals surface area contributed by atoms with Gasteiger partial charge in [-0.15, -0.1) is 0 Å². The number of nitrogens with zero attached hydrogens (tertiary/aromatic N) is 1. The molecule has 0 aliphatic heterocycles. The van der Waals surface area contributed by atoms with Crippen LogP contribution < -0.4 is 11.5 Å². The van der Waals surface area contributed by atoms with Crippen molar-refractivity contribution in [2.75, 3.05) is 33.4 Å². The first-order valence-corrected chi connectivity index (χ1v) is 6.40. The van der Waals surface area contributed by atoms with Gasteiger partial charge in [-0.05, 0) is 12.1 Å². The molecule has 0 fully saturated rings. The van der Waals surface area contributed by atoms with Crippen molar-refractivity contribution in [2.45, 2.75) is 12.5 Å². The van der Waals surface area contributed by atoms with E-state index in [-0.39, 0.29) is 0 Å². The van der Waals surface area contributed by atoms with Crippen LogP contribution >= 0.6 is 0 Å². The lowest BCUT2D eigenvalue weighted by atomic mass is 9.89. The molecular weight excluding hydrogens is 242 g/mol. The van der Waals surface area contributed by atoms with Gasteiger partial charge < -0.3 is 16.2 Å². The predicted octanol–water partition coefficient (Wildman–Crippen LogP) is 0.294. The van der Waals surface area contributed by atoms with E-state index in [0.29, 0.717) is 19.7 Å². The van der Waals surface area contributed by atoms with Crippen molar-refractivity contribution in [2.24, 2.45) is 11.5 Å². The van der Waals surface area contributed by atoms with Gasteiger partial charge in [0.15, 0.2) is 0 Å². The van der Waals surface area contributed by atoms with Crippen molar-refractivity contribution in [1.29, 1.82) is 0 Å². The second-order valence-electron chi connectivity index (χ2n) is 4.56. The van der Waals surface area contributed by atoms with Crippen molar-refractivity contribution in [3.63, 3.8) is 0 Å². The Hall–Kier alpha value is -1.43. The molecule has 0 saturated heterocycles. The number of hydrogen-bond donors (Lipinski definition) is 2. The molecule has 0 saturated carbocycles. The summed E-state index contributed by atoms with van der Waals surface area (Å²) in [5.41, 5.74) is 11.3. The molecule has 5 nitrogen and oxygen atoms in total. The minimum atomic E-state index is -1.18. The Morgan fingerprint density at radius 3 is 2.47 bits per heavy atom. The molecule has 19 heavy (non-hydrogen) atoms. The fraction of sp³-hybridized carbons (Fsp3) is 0.500. The summed E-state index contributed by atoms with van der Waals surface area (Å²) in [4.78, 5) is 13.8. The van der Waals surface area contributed by atoms with E-state index in [1.54, 1.807) is 7.11 Å². The zero-order valence-electron chi connectivity index (χ0n) is 11.6. The van der Waals surface area contributed by atoms with Crippen LogP contribution in [0.4, 0.5) is 0 Å². The van der Waals surface area contributed by atoms with Crippen LogP contribution in [-0.4, -0.2) is 44.2 Å².